The van der Waals surface area contributed by atoms with E-state index in [1.807, 2.05) is 18.2 Å². The first-order chi connectivity index (χ1) is 15.1. The summed E-state index contributed by atoms with van der Waals surface area (Å²) in [5.74, 6) is 0.450. The van der Waals surface area contributed by atoms with Crippen molar-refractivity contribution in [1.29, 1.82) is 0 Å². The molecule has 1 aromatic carbocycles. The summed E-state index contributed by atoms with van der Waals surface area (Å²) >= 11 is 0. The minimum atomic E-state index is -3.63. The summed E-state index contributed by atoms with van der Waals surface area (Å²) in [5, 5.41) is 2.89. The highest BCUT2D eigenvalue weighted by Crippen LogP contribution is 2.32. The first-order valence-corrected chi connectivity index (χ1v) is 14.1. The van der Waals surface area contributed by atoms with Gasteiger partial charge in [-0.2, -0.15) is 0 Å². The molecule has 0 fully saturated rings. The van der Waals surface area contributed by atoms with E-state index in [1.54, 1.807) is 0 Å². The molecular formula is C26H46N2O3S. The Kier molecular flexibility index (Phi) is 13.0. The van der Waals surface area contributed by atoms with Crippen LogP contribution in [-0.2, 0) is 10.0 Å². The topological polar surface area (TPSA) is 66.5 Å². The number of nitrogens with one attached hydrogen (secondary N) is 1. The monoisotopic (exact) mass is 466 g/mol. The molecule has 0 aliphatic heterocycles. The van der Waals surface area contributed by atoms with Crippen LogP contribution < -0.4 is 5.32 Å². The SMILES string of the molecule is CCCCCCCCCCCCS(=O)(=O)N(C)C(=O)Nc1c(C(C)C)cccc1C(C)C. The molecule has 0 heterocycles. The van der Waals surface area contributed by atoms with Gasteiger partial charge in [-0.05, 0) is 29.4 Å². The molecule has 32 heavy (non-hydrogen) atoms. The molecule has 0 unspecified atom stereocenters. The quantitative estimate of drug-likeness (QED) is 0.270. The lowest BCUT2D eigenvalue weighted by Crippen LogP contribution is -2.38. The molecule has 1 N–H and O–H groups in total. The van der Waals surface area contributed by atoms with Gasteiger partial charge in [0.1, 0.15) is 0 Å². The van der Waals surface area contributed by atoms with Gasteiger partial charge in [-0.1, -0.05) is 111 Å². The number of hydrogen-bond donors (Lipinski definition) is 1. The van der Waals surface area contributed by atoms with Crippen molar-refractivity contribution >= 4 is 21.7 Å². The van der Waals surface area contributed by atoms with Crippen molar-refractivity contribution < 1.29 is 13.2 Å². The molecule has 0 aromatic heterocycles. The molecule has 6 heteroatoms. The summed E-state index contributed by atoms with van der Waals surface area (Å²) < 4.78 is 26.3. The molecule has 0 atom stereocenters. The van der Waals surface area contributed by atoms with E-state index in [1.165, 1.54) is 45.6 Å². The fraction of sp³-hybridized carbons (Fsp3) is 0.731. The summed E-state index contributed by atoms with van der Waals surface area (Å²) in [4.78, 5) is 12.8. The molecule has 0 aliphatic carbocycles. The first kappa shape index (κ1) is 28.5. The maximum Gasteiger partial charge on any atom is 0.335 e. The van der Waals surface area contributed by atoms with Crippen molar-refractivity contribution in [2.75, 3.05) is 18.1 Å². The number of nitrogens with zero attached hydrogens (tertiary/aromatic N) is 1. The van der Waals surface area contributed by atoms with Gasteiger partial charge < -0.3 is 5.32 Å². The van der Waals surface area contributed by atoms with Gasteiger partial charge in [0.25, 0.3) is 0 Å². The lowest BCUT2D eigenvalue weighted by Gasteiger charge is -2.23. The molecule has 0 spiro atoms. The molecule has 1 aromatic rings. The summed E-state index contributed by atoms with van der Waals surface area (Å²) in [6, 6.07) is 5.38. The number of amides is 2. The Labute approximate surface area is 197 Å². The molecule has 0 saturated heterocycles. The number of urea groups is 1. The minimum Gasteiger partial charge on any atom is -0.306 e. The third-order valence-electron chi connectivity index (χ3n) is 6.06. The number of carbonyl (C=O) groups is 1. The number of sulfonamides is 1. The number of carbonyl (C=O) groups excluding carboxylic acids is 1. The van der Waals surface area contributed by atoms with Gasteiger partial charge >= 0.3 is 6.03 Å². The molecular weight excluding hydrogens is 420 g/mol. The zero-order valence-corrected chi connectivity index (χ0v) is 22.1. The van der Waals surface area contributed by atoms with Crippen LogP contribution in [0.1, 0.15) is 122 Å². The summed E-state index contributed by atoms with van der Waals surface area (Å²) in [5.41, 5.74) is 2.78. The van der Waals surface area contributed by atoms with Gasteiger partial charge in [0.2, 0.25) is 10.0 Å². The lowest BCUT2D eigenvalue weighted by atomic mass is 9.93. The minimum absolute atomic E-state index is 0.0102. The van der Waals surface area contributed by atoms with E-state index >= 15 is 0 Å². The van der Waals surface area contributed by atoms with Crippen LogP contribution in [0.3, 0.4) is 0 Å². The highest BCUT2D eigenvalue weighted by atomic mass is 32.2. The Morgan fingerprint density at radius 3 is 1.72 bits per heavy atom. The first-order valence-electron chi connectivity index (χ1n) is 12.5. The maximum absolute atomic E-state index is 12.8. The third-order valence-corrected chi connectivity index (χ3v) is 7.87. The highest BCUT2D eigenvalue weighted by Gasteiger charge is 2.25. The number of benzene rings is 1. The Morgan fingerprint density at radius 2 is 1.28 bits per heavy atom. The van der Waals surface area contributed by atoms with Crippen LogP contribution in [0.2, 0.25) is 0 Å². The standard InChI is InChI=1S/C26H46N2O3S/c1-7-8-9-10-11-12-13-14-15-16-20-32(30,31)28(6)26(29)27-25-23(21(2)3)18-17-19-24(25)22(4)5/h17-19,21-22H,7-16,20H2,1-6H3,(H,27,29). The Balaban J connectivity index is 2.56. The van der Waals surface area contributed by atoms with Gasteiger partial charge in [0.15, 0.2) is 0 Å². The Morgan fingerprint density at radius 1 is 0.844 bits per heavy atom. The second kappa shape index (κ2) is 14.6. The van der Waals surface area contributed by atoms with Crippen molar-refractivity contribution in [1.82, 2.24) is 4.31 Å². The van der Waals surface area contributed by atoms with Crippen LogP contribution in [0.25, 0.3) is 0 Å². The summed E-state index contributed by atoms with van der Waals surface area (Å²) in [7, 11) is -2.28. The Bertz CT molecular complexity index is 762. The normalized spacial score (nSPS) is 11.9. The molecule has 1 rings (SSSR count). The van der Waals surface area contributed by atoms with E-state index in [0.717, 1.165) is 40.4 Å². The molecule has 0 saturated carbocycles. The zero-order chi connectivity index (χ0) is 24.1. The number of para-hydroxylation sites is 1. The molecule has 5 nitrogen and oxygen atoms in total. The van der Waals surface area contributed by atoms with Crippen LogP contribution in [0.5, 0.6) is 0 Å². The third kappa shape index (κ3) is 9.51. The molecule has 184 valence electrons. The van der Waals surface area contributed by atoms with Crippen LogP contribution in [-0.4, -0.2) is 31.6 Å². The van der Waals surface area contributed by atoms with Crippen molar-refractivity contribution in [2.45, 2.75) is 111 Å². The fourth-order valence-corrected chi connectivity index (χ4v) is 5.06. The van der Waals surface area contributed by atoms with Crippen molar-refractivity contribution in [3.8, 4) is 0 Å². The van der Waals surface area contributed by atoms with Crippen LogP contribution in [0.15, 0.2) is 18.2 Å². The van der Waals surface area contributed by atoms with Crippen LogP contribution in [0.4, 0.5) is 10.5 Å². The van der Waals surface area contributed by atoms with Gasteiger partial charge in [0.05, 0.1) is 5.75 Å². The van der Waals surface area contributed by atoms with E-state index in [4.69, 9.17) is 0 Å². The Hall–Kier alpha value is -1.56. The fourth-order valence-electron chi connectivity index (χ4n) is 3.92. The number of unbranched alkanes of at least 4 members (excludes halogenated alkanes) is 9. The smallest absolute Gasteiger partial charge is 0.306 e. The van der Waals surface area contributed by atoms with Crippen LogP contribution >= 0.6 is 0 Å². The lowest BCUT2D eigenvalue weighted by molar-refractivity contribution is 0.240. The predicted octanol–water partition coefficient (Wildman–Crippen LogP) is 7.65. The molecule has 0 aliphatic rings. The van der Waals surface area contributed by atoms with E-state index in [-0.39, 0.29) is 17.6 Å². The molecule has 2 amide bonds. The second-order valence-corrected chi connectivity index (χ2v) is 11.6. The molecule has 0 bridgehead atoms. The zero-order valence-electron chi connectivity index (χ0n) is 21.2. The second-order valence-electron chi connectivity index (χ2n) is 9.52. The average Bonchev–Trinajstić information content (AvgIpc) is 2.74. The summed E-state index contributed by atoms with van der Waals surface area (Å²) in [6.45, 7) is 10.5. The highest BCUT2D eigenvalue weighted by molar-refractivity contribution is 7.89. The van der Waals surface area contributed by atoms with Crippen molar-refractivity contribution in [3.05, 3.63) is 29.3 Å². The van der Waals surface area contributed by atoms with E-state index in [9.17, 15) is 13.2 Å². The van der Waals surface area contributed by atoms with Crippen LogP contribution in [0, 0.1) is 0 Å². The van der Waals surface area contributed by atoms with Gasteiger partial charge in [-0.15, -0.1) is 0 Å². The largest absolute Gasteiger partial charge is 0.335 e. The van der Waals surface area contributed by atoms with E-state index in [2.05, 4.69) is 39.9 Å². The van der Waals surface area contributed by atoms with Gasteiger partial charge in [-0.3, -0.25) is 0 Å². The van der Waals surface area contributed by atoms with Crippen molar-refractivity contribution in [2.24, 2.45) is 0 Å². The van der Waals surface area contributed by atoms with E-state index < -0.39 is 16.1 Å². The average molecular weight is 467 g/mol. The van der Waals surface area contributed by atoms with Crippen molar-refractivity contribution in [3.63, 3.8) is 0 Å². The van der Waals surface area contributed by atoms with E-state index in [0.29, 0.717) is 6.42 Å². The number of hydrogen-bond acceptors (Lipinski definition) is 3. The maximum atomic E-state index is 12.8. The van der Waals surface area contributed by atoms with Gasteiger partial charge in [-0.25, -0.2) is 17.5 Å². The number of rotatable bonds is 15. The predicted molar refractivity (Wildman–Crippen MR) is 137 cm³/mol. The number of anilines is 1. The summed E-state index contributed by atoms with van der Waals surface area (Å²) in [6.07, 6.45) is 11.4. The molecule has 0 radical (unpaired) electrons. The van der Waals surface area contributed by atoms with Gasteiger partial charge in [0, 0.05) is 12.7 Å².